The molecule has 0 bridgehead atoms. The van der Waals surface area contributed by atoms with Gasteiger partial charge in [-0.05, 0) is 65.1 Å². The molecule has 1 heterocycles. The number of nitrogens with zero attached hydrogens (tertiary/aromatic N) is 2. The quantitative estimate of drug-likeness (QED) is 0.209. The second-order valence-corrected chi connectivity index (χ2v) is 7.85. The van der Waals surface area contributed by atoms with Crippen LogP contribution in [0.3, 0.4) is 0 Å². The van der Waals surface area contributed by atoms with Crippen molar-refractivity contribution in [1.29, 1.82) is 0 Å². The molecule has 0 spiro atoms. The van der Waals surface area contributed by atoms with E-state index < -0.39 is 5.60 Å². The largest absolute Gasteiger partial charge is 0.384 e. The lowest BCUT2D eigenvalue weighted by Gasteiger charge is -2.33. The standard InChI is InChI=1S/C22H38N4O.HI/c1-4-23-21(25-18-22(3,27)20-13-6-5-7-14-20)24-15-9-11-17-26-16-10-8-12-19(26)2;/h5-7,13-14,19,27H,4,8-12,15-18H2,1-3H3,(H2,23,24,25);1H. The van der Waals surface area contributed by atoms with Crippen LogP contribution in [-0.4, -0.2) is 54.7 Å². The molecule has 1 saturated heterocycles. The van der Waals surface area contributed by atoms with Crippen LogP contribution in [0.2, 0.25) is 0 Å². The summed E-state index contributed by atoms with van der Waals surface area (Å²) in [5.41, 5.74) is -0.0752. The molecule has 0 amide bonds. The maximum atomic E-state index is 10.7. The van der Waals surface area contributed by atoms with Gasteiger partial charge >= 0.3 is 0 Å². The number of halogens is 1. The van der Waals surface area contributed by atoms with E-state index in [-0.39, 0.29) is 24.0 Å². The Kier molecular flexibility index (Phi) is 12.0. The van der Waals surface area contributed by atoms with Crippen molar-refractivity contribution in [3.63, 3.8) is 0 Å². The third kappa shape index (κ3) is 8.66. The first-order valence-corrected chi connectivity index (χ1v) is 10.6. The number of rotatable bonds is 9. The predicted molar refractivity (Wildman–Crippen MR) is 130 cm³/mol. The Morgan fingerprint density at radius 1 is 1.21 bits per heavy atom. The smallest absolute Gasteiger partial charge is 0.191 e. The van der Waals surface area contributed by atoms with Gasteiger partial charge in [-0.1, -0.05) is 36.8 Å². The Hall–Kier alpha value is -0.860. The summed E-state index contributed by atoms with van der Waals surface area (Å²) in [6.45, 7) is 10.7. The number of piperidine rings is 1. The molecular formula is C22H39IN4O. The maximum absolute atomic E-state index is 10.7. The molecule has 160 valence electrons. The summed E-state index contributed by atoms with van der Waals surface area (Å²) in [5.74, 6) is 0.778. The van der Waals surface area contributed by atoms with E-state index in [1.165, 1.54) is 38.8 Å². The molecule has 3 N–H and O–H groups in total. The monoisotopic (exact) mass is 502 g/mol. The molecule has 1 aliphatic heterocycles. The van der Waals surface area contributed by atoms with Gasteiger partial charge < -0.3 is 20.6 Å². The molecule has 28 heavy (non-hydrogen) atoms. The number of unbranched alkanes of at least 4 members (excludes halogenated alkanes) is 1. The van der Waals surface area contributed by atoms with Gasteiger partial charge in [0.2, 0.25) is 0 Å². The highest BCUT2D eigenvalue weighted by Crippen LogP contribution is 2.20. The Morgan fingerprint density at radius 3 is 2.64 bits per heavy atom. The van der Waals surface area contributed by atoms with E-state index in [1.54, 1.807) is 0 Å². The van der Waals surface area contributed by atoms with Crippen molar-refractivity contribution in [2.75, 3.05) is 32.7 Å². The van der Waals surface area contributed by atoms with Gasteiger partial charge in [-0.15, -0.1) is 24.0 Å². The van der Waals surface area contributed by atoms with Gasteiger partial charge in [0, 0.05) is 19.1 Å². The van der Waals surface area contributed by atoms with Crippen LogP contribution in [0.15, 0.2) is 35.3 Å². The van der Waals surface area contributed by atoms with Crippen LogP contribution < -0.4 is 10.6 Å². The lowest BCUT2D eigenvalue weighted by atomic mass is 9.96. The Labute approximate surface area is 188 Å². The fraction of sp³-hybridized carbons (Fsp3) is 0.682. The maximum Gasteiger partial charge on any atom is 0.191 e. The minimum Gasteiger partial charge on any atom is -0.384 e. The van der Waals surface area contributed by atoms with E-state index in [0.29, 0.717) is 6.54 Å². The molecule has 1 aromatic rings. The Bertz CT molecular complexity index is 565. The lowest BCUT2D eigenvalue weighted by Crippen LogP contribution is -2.40. The van der Waals surface area contributed by atoms with Crippen molar-refractivity contribution in [3.05, 3.63) is 35.9 Å². The molecule has 2 rings (SSSR count). The van der Waals surface area contributed by atoms with Crippen LogP contribution in [0.1, 0.15) is 58.4 Å². The number of hydrogen-bond donors (Lipinski definition) is 3. The molecule has 5 nitrogen and oxygen atoms in total. The summed E-state index contributed by atoms with van der Waals surface area (Å²) >= 11 is 0. The third-order valence-electron chi connectivity index (χ3n) is 5.39. The summed E-state index contributed by atoms with van der Waals surface area (Å²) in [6.07, 6.45) is 6.41. The topological polar surface area (TPSA) is 59.9 Å². The van der Waals surface area contributed by atoms with E-state index in [9.17, 15) is 5.11 Å². The molecule has 1 fully saturated rings. The number of likely N-dealkylation sites (tertiary alicyclic amines) is 1. The number of nitrogens with one attached hydrogen (secondary N) is 2. The Balaban J connectivity index is 0.00000392. The van der Waals surface area contributed by atoms with Gasteiger partial charge in [0.15, 0.2) is 5.96 Å². The zero-order valence-corrected chi connectivity index (χ0v) is 20.1. The molecule has 0 aromatic heterocycles. The van der Waals surface area contributed by atoms with Crippen LogP contribution in [0.5, 0.6) is 0 Å². The van der Waals surface area contributed by atoms with Gasteiger partial charge in [0.1, 0.15) is 5.60 Å². The van der Waals surface area contributed by atoms with E-state index in [2.05, 4.69) is 34.4 Å². The van der Waals surface area contributed by atoms with E-state index in [0.717, 1.165) is 37.1 Å². The van der Waals surface area contributed by atoms with Crippen molar-refractivity contribution < 1.29 is 5.11 Å². The van der Waals surface area contributed by atoms with Crippen LogP contribution in [0.25, 0.3) is 0 Å². The highest BCUT2D eigenvalue weighted by molar-refractivity contribution is 14.0. The van der Waals surface area contributed by atoms with Gasteiger partial charge in [0.05, 0.1) is 6.54 Å². The fourth-order valence-electron chi connectivity index (χ4n) is 3.60. The van der Waals surface area contributed by atoms with Gasteiger partial charge in [-0.2, -0.15) is 0 Å². The average molecular weight is 502 g/mol. The van der Waals surface area contributed by atoms with E-state index in [1.807, 2.05) is 37.3 Å². The van der Waals surface area contributed by atoms with Crippen molar-refractivity contribution >= 4 is 29.9 Å². The molecule has 1 aliphatic rings. The summed E-state index contributed by atoms with van der Waals surface area (Å²) < 4.78 is 0. The first-order chi connectivity index (χ1) is 13.0. The summed E-state index contributed by atoms with van der Waals surface area (Å²) in [6, 6.07) is 10.5. The zero-order valence-electron chi connectivity index (χ0n) is 17.8. The average Bonchev–Trinajstić information content (AvgIpc) is 2.68. The van der Waals surface area contributed by atoms with Crippen LogP contribution in [0.4, 0.5) is 0 Å². The second kappa shape index (κ2) is 13.4. The van der Waals surface area contributed by atoms with E-state index in [4.69, 9.17) is 0 Å². The summed E-state index contributed by atoms with van der Waals surface area (Å²) in [7, 11) is 0. The van der Waals surface area contributed by atoms with Crippen molar-refractivity contribution in [2.45, 2.75) is 64.5 Å². The zero-order chi connectivity index (χ0) is 19.5. The SMILES string of the molecule is CCNC(=NCC(C)(O)c1ccccc1)NCCCCN1CCCCC1C.I. The third-order valence-corrected chi connectivity index (χ3v) is 5.39. The lowest BCUT2D eigenvalue weighted by molar-refractivity contribution is 0.0672. The number of guanidine groups is 1. The highest BCUT2D eigenvalue weighted by atomic mass is 127. The molecule has 6 heteroatoms. The molecule has 0 radical (unpaired) electrons. The minimum absolute atomic E-state index is 0. The highest BCUT2D eigenvalue weighted by Gasteiger charge is 2.22. The normalized spacial score (nSPS) is 20.1. The minimum atomic E-state index is -0.964. The number of aliphatic imine (C=N–C) groups is 1. The number of hydrogen-bond acceptors (Lipinski definition) is 3. The molecule has 0 aliphatic carbocycles. The molecule has 0 saturated carbocycles. The summed E-state index contributed by atoms with van der Waals surface area (Å²) in [5, 5.41) is 17.4. The summed E-state index contributed by atoms with van der Waals surface area (Å²) in [4.78, 5) is 7.22. The van der Waals surface area contributed by atoms with Gasteiger partial charge in [-0.3, -0.25) is 0 Å². The van der Waals surface area contributed by atoms with Gasteiger partial charge in [0.25, 0.3) is 0 Å². The van der Waals surface area contributed by atoms with Crippen LogP contribution in [-0.2, 0) is 5.60 Å². The first kappa shape index (κ1) is 25.2. The van der Waals surface area contributed by atoms with E-state index >= 15 is 0 Å². The molecule has 2 unspecified atom stereocenters. The first-order valence-electron chi connectivity index (χ1n) is 10.6. The Morgan fingerprint density at radius 2 is 1.96 bits per heavy atom. The van der Waals surface area contributed by atoms with Crippen LogP contribution >= 0.6 is 24.0 Å². The fourth-order valence-corrected chi connectivity index (χ4v) is 3.60. The van der Waals surface area contributed by atoms with Crippen molar-refractivity contribution in [3.8, 4) is 0 Å². The predicted octanol–water partition coefficient (Wildman–Crippen LogP) is 3.72. The second-order valence-electron chi connectivity index (χ2n) is 7.85. The van der Waals surface area contributed by atoms with Crippen molar-refractivity contribution in [1.82, 2.24) is 15.5 Å². The number of aliphatic hydroxyl groups is 1. The van der Waals surface area contributed by atoms with Crippen molar-refractivity contribution in [2.24, 2.45) is 4.99 Å². The molecular weight excluding hydrogens is 463 g/mol. The molecule has 1 aromatic carbocycles. The number of benzene rings is 1. The van der Waals surface area contributed by atoms with Gasteiger partial charge in [-0.25, -0.2) is 4.99 Å². The van der Waals surface area contributed by atoms with Crippen LogP contribution in [0, 0.1) is 0 Å². The molecule has 2 atom stereocenters.